The van der Waals surface area contributed by atoms with E-state index in [1.165, 1.54) is 35.0 Å². The molecular formula is C12H18BrN. The van der Waals surface area contributed by atoms with Crippen LogP contribution in [-0.2, 0) is 0 Å². The van der Waals surface area contributed by atoms with Gasteiger partial charge in [-0.05, 0) is 37.1 Å². The number of hydrogen-bond donors (Lipinski definition) is 1. The number of aryl methyl sites for hydroxylation is 1. The fourth-order valence-corrected chi connectivity index (χ4v) is 1.61. The number of halogens is 1. The molecule has 0 heterocycles. The molecule has 0 fully saturated rings. The van der Waals surface area contributed by atoms with E-state index in [9.17, 15) is 0 Å². The molecule has 0 saturated carbocycles. The molecule has 1 aromatic rings. The number of anilines is 1. The lowest BCUT2D eigenvalue weighted by atomic mass is 10.2. The predicted octanol–water partition coefficient (Wildman–Crippen LogP) is 4.36. The average Bonchev–Trinajstić information content (AvgIpc) is 2.18. The largest absolute Gasteiger partial charge is 0.385 e. The van der Waals surface area contributed by atoms with Crippen LogP contribution in [-0.4, -0.2) is 6.54 Å². The van der Waals surface area contributed by atoms with Crippen molar-refractivity contribution in [1.29, 1.82) is 0 Å². The first-order valence-electron chi connectivity index (χ1n) is 5.24. The van der Waals surface area contributed by atoms with Crippen molar-refractivity contribution in [1.82, 2.24) is 0 Å². The Balaban J connectivity index is 2.39. The normalized spacial score (nSPS) is 10.2. The Kier molecular flexibility index (Phi) is 5.02. The summed E-state index contributed by atoms with van der Waals surface area (Å²) in [7, 11) is 0. The van der Waals surface area contributed by atoms with Gasteiger partial charge in [-0.2, -0.15) is 0 Å². The molecule has 0 aliphatic heterocycles. The highest BCUT2D eigenvalue weighted by molar-refractivity contribution is 9.10. The molecule has 1 nitrogen and oxygen atoms in total. The summed E-state index contributed by atoms with van der Waals surface area (Å²) in [4.78, 5) is 0. The molecule has 0 amide bonds. The van der Waals surface area contributed by atoms with Gasteiger partial charge in [0.15, 0.2) is 0 Å². The summed E-state index contributed by atoms with van der Waals surface area (Å²) >= 11 is 3.49. The van der Waals surface area contributed by atoms with Crippen LogP contribution in [0.3, 0.4) is 0 Å². The van der Waals surface area contributed by atoms with Crippen LogP contribution in [0.1, 0.15) is 31.7 Å². The quantitative estimate of drug-likeness (QED) is 0.772. The third kappa shape index (κ3) is 3.70. The molecule has 0 atom stereocenters. The number of rotatable bonds is 5. The predicted molar refractivity (Wildman–Crippen MR) is 66.9 cm³/mol. The van der Waals surface area contributed by atoms with Crippen LogP contribution in [0.15, 0.2) is 22.7 Å². The Morgan fingerprint density at radius 3 is 2.71 bits per heavy atom. The van der Waals surface area contributed by atoms with Crippen LogP contribution in [0, 0.1) is 6.92 Å². The molecule has 2 heteroatoms. The van der Waals surface area contributed by atoms with Crippen molar-refractivity contribution in [2.24, 2.45) is 0 Å². The lowest BCUT2D eigenvalue weighted by Gasteiger charge is -2.07. The molecule has 0 aromatic heterocycles. The molecule has 0 radical (unpaired) electrons. The Morgan fingerprint density at radius 1 is 1.29 bits per heavy atom. The third-order valence-electron chi connectivity index (χ3n) is 2.27. The van der Waals surface area contributed by atoms with Crippen molar-refractivity contribution >= 4 is 21.6 Å². The van der Waals surface area contributed by atoms with Gasteiger partial charge in [0.25, 0.3) is 0 Å². The van der Waals surface area contributed by atoms with E-state index in [1.54, 1.807) is 0 Å². The molecule has 0 spiro atoms. The summed E-state index contributed by atoms with van der Waals surface area (Å²) in [5.41, 5.74) is 2.51. The third-order valence-corrected chi connectivity index (χ3v) is 3.16. The van der Waals surface area contributed by atoms with Crippen molar-refractivity contribution in [3.05, 3.63) is 28.2 Å². The number of unbranched alkanes of at least 4 members (excludes halogenated alkanes) is 2. The molecule has 1 rings (SSSR count). The van der Waals surface area contributed by atoms with Gasteiger partial charge in [-0.15, -0.1) is 0 Å². The molecular weight excluding hydrogens is 238 g/mol. The van der Waals surface area contributed by atoms with Gasteiger partial charge in [-0.1, -0.05) is 35.7 Å². The molecule has 0 aliphatic rings. The van der Waals surface area contributed by atoms with E-state index in [4.69, 9.17) is 0 Å². The number of nitrogens with one attached hydrogen (secondary N) is 1. The Morgan fingerprint density at radius 2 is 2.07 bits per heavy atom. The second kappa shape index (κ2) is 6.07. The summed E-state index contributed by atoms with van der Waals surface area (Å²) in [6, 6.07) is 6.39. The summed E-state index contributed by atoms with van der Waals surface area (Å²) in [6.45, 7) is 5.42. The first-order chi connectivity index (χ1) is 6.74. The van der Waals surface area contributed by atoms with E-state index in [-0.39, 0.29) is 0 Å². The van der Waals surface area contributed by atoms with Gasteiger partial charge in [0.05, 0.1) is 0 Å². The van der Waals surface area contributed by atoms with Crippen LogP contribution >= 0.6 is 15.9 Å². The fraction of sp³-hybridized carbons (Fsp3) is 0.500. The highest BCUT2D eigenvalue weighted by atomic mass is 79.9. The van der Waals surface area contributed by atoms with Crippen molar-refractivity contribution in [3.63, 3.8) is 0 Å². The summed E-state index contributed by atoms with van der Waals surface area (Å²) < 4.78 is 1.18. The first kappa shape index (κ1) is 11.6. The SMILES string of the molecule is CCCCCNc1ccc(Br)c(C)c1. The molecule has 0 bridgehead atoms. The van der Waals surface area contributed by atoms with Crippen molar-refractivity contribution in [2.75, 3.05) is 11.9 Å². The molecule has 1 N–H and O–H groups in total. The zero-order chi connectivity index (χ0) is 10.4. The lowest BCUT2D eigenvalue weighted by molar-refractivity contribution is 0.744. The maximum Gasteiger partial charge on any atom is 0.0343 e. The fourth-order valence-electron chi connectivity index (χ4n) is 1.36. The molecule has 14 heavy (non-hydrogen) atoms. The van der Waals surface area contributed by atoms with Crippen molar-refractivity contribution < 1.29 is 0 Å². The second-order valence-corrected chi connectivity index (χ2v) is 4.45. The van der Waals surface area contributed by atoms with E-state index in [0.717, 1.165) is 6.54 Å². The highest BCUT2D eigenvalue weighted by Crippen LogP contribution is 2.19. The minimum Gasteiger partial charge on any atom is -0.385 e. The topological polar surface area (TPSA) is 12.0 Å². The van der Waals surface area contributed by atoms with Gasteiger partial charge in [0.1, 0.15) is 0 Å². The lowest BCUT2D eigenvalue weighted by Crippen LogP contribution is -2.01. The van der Waals surface area contributed by atoms with Gasteiger partial charge in [-0.25, -0.2) is 0 Å². The monoisotopic (exact) mass is 255 g/mol. The molecule has 0 aliphatic carbocycles. The van der Waals surface area contributed by atoms with Crippen molar-refractivity contribution in [2.45, 2.75) is 33.1 Å². The standard InChI is InChI=1S/C12H18BrN/c1-3-4-5-8-14-11-6-7-12(13)10(2)9-11/h6-7,9,14H,3-5,8H2,1-2H3. The zero-order valence-corrected chi connectivity index (χ0v) is 10.5. The van der Waals surface area contributed by atoms with Gasteiger partial charge in [0, 0.05) is 16.7 Å². The average molecular weight is 256 g/mol. The maximum absolute atomic E-state index is 3.49. The summed E-state index contributed by atoms with van der Waals surface area (Å²) in [5, 5.41) is 3.43. The van der Waals surface area contributed by atoms with Crippen LogP contribution in [0.4, 0.5) is 5.69 Å². The van der Waals surface area contributed by atoms with E-state index in [2.05, 4.69) is 53.3 Å². The van der Waals surface area contributed by atoms with Crippen LogP contribution in [0.25, 0.3) is 0 Å². The van der Waals surface area contributed by atoms with Crippen LogP contribution < -0.4 is 5.32 Å². The minimum absolute atomic E-state index is 1.08. The number of benzene rings is 1. The Hall–Kier alpha value is -0.500. The van der Waals surface area contributed by atoms with Crippen molar-refractivity contribution in [3.8, 4) is 0 Å². The maximum atomic E-state index is 3.49. The number of hydrogen-bond acceptors (Lipinski definition) is 1. The Bertz CT molecular complexity index is 284. The molecule has 0 saturated heterocycles. The zero-order valence-electron chi connectivity index (χ0n) is 8.94. The van der Waals surface area contributed by atoms with Crippen LogP contribution in [0.2, 0.25) is 0 Å². The van der Waals surface area contributed by atoms with Gasteiger partial charge in [0.2, 0.25) is 0 Å². The minimum atomic E-state index is 1.08. The summed E-state index contributed by atoms with van der Waals surface area (Å²) in [6.07, 6.45) is 3.84. The molecule has 78 valence electrons. The molecule has 1 aromatic carbocycles. The Labute approximate surface area is 95.0 Å². The molecule has 0 unspecified atom stereocenters. The highest BCUT2D eigenvalue weighted by Gasteiger charge is 1.96. The van der Waals surface area contributed by atoms with E-state index < -0.39 is 0 Å². The summed E-state index contributed by atoms with van der Waals surface area (Å²) in [5.74, 6) is 0. The van der Waals surface area contributed by atoms with E-state index in [1.807, 2.05) is 0 Å². The van der Waals surface area contributed by atoms with Crippen LogP contribution in [0.5, 0.6) is 0 Å². The van der Waals surface area contributed by atoms with E-state index >= 15 is 0 Å². The van der Waals surface area contributed by atoms with Gasteiger partial charge in [-0.3, -0.25) is 0 Å². The second-order valence-electron chi connectivity index (χ2n) is 3.60. The smallest absolute Gasteiger partial charge is 0.0343 e. The van der Waals surface area contributed by atoms with E-state index in [0.29, 0.717) is 0 Å². The van der Waals surface area contributed by atoms with Gasteiger partial charge < -0.3 is 5.32 Å². The first-order valence-corrected chi connectivity index (χ1v) is 6.03. The van der Waals surface area contributed by atoms with Gasteiger partial charge >= 0.3 is 0 Å².